The lowest BCUT2D eigenvalue weighted by Gasteiger charge is -2.30. The molecule has 1 aliphatic carbocycles. The van der Waals surface area contributed by atoms with Crippen LogP contribution in [0.4, 0.5) is 0 Å². The van der Waals surface area contributed by atoms with Gasteiger partial charge in [-0.1, -0.05) is 13.8 Å². The molecule has 2 aliphatic rings. The maximum Gasteiger partial charge on any atom is 0.229 e. The van der Waals surface area contributed by atoms with Gasteiger partial charge in [-0.25, -0.2) is 0 Å². The number of ketones is 1. The van der Waals surface area contributed by atoms with E-state index < -0.39 is 0 Å². The van der Waals surface area contributed by atoms with Crippen LogP contribution in [0.3, 0.4) is 0 Å². The van der Waals surface area contributed by atoms with E-state index in [0.29, 0.717) is 43.4 Å². The average Bonchev–Trinajstić information content (AvgIpc) is 2.70. The molecule has 4 heteroatoms. The molecule has 1 aliphatic heterocycles. The second-order valence-electron chi connectivity index (χ2n) is 6.68. The van der Waals surface area contributed by atoms with Crippen LogP contribution >= 0.6 is 0 Å². The molecule has 2 rings (SSSR count). The quantitative estimate of drug-likeness (QED) is 0.727. The van der Waals surface area contributed by atoms with Crippen LogP contribution in [0.5, 0.6) is 0 Å². The number of hydrogen-bond acceptors (Lipinski definition) is 3. The highest BCUT2D eigenvalue weighted by atomic mass is 16.2. The summed E-state index contributed by atoms with van der Waals surface area (Å²) in [5.41, 5.74) is 0. The van der Waals surface area contributed by atoms with Gasteiger partial charge in [-0.3, -0.25) is 19.3 Å². The lowest BCUT2D eigenvalue weighted by atomic mass is 9.78. The first kappa shape index (κ1) is 15.2. The molecule has 4 nitrogen and oxygen atoms in total. The van der Waals surface area contributed by atoms with Crippen LogP contribution in [0.1, 0.15) is 58.8 Å². The summed E-state index contributed by atoms with van der Waals surface area (Å²) in [6.07, 6.45) is 5.20. The molecule has 20 heavy (non-hydrogen) atoms. The van der Waals surface area contributed by atoms with E-state index >= 15 is 0 Å². The summed E-state index contributed by atoms with van der Waals surface area (Å²) in [6.45, 7) is 4.73. The molecule has 112 valence electrons. The summed E-state index contributed by atoms with van der Waals surface area (Å²) in [7, 11) is 0. The van der Waals surface area contributed by atoms with Gasteiger partial charge in [0.25, 0.3) is 0 Å². The van der Waals surface area contributed by atoms with Gasteiger partial charge < -0.3 is 0 Å². The molecule has 0 N–H and O–H groups in total. The molecule has 1 saturated heterocycles. The highest BCUT2D eigenvalue weighted by Gasteiger charge is 2.33. The molecule has 0 atom stereocenters. The fourth-order valence-electron chi connectivity index (χ4n) is 3.32. The van der Waals surface area contributed by atoms with Gasteiger partial charge in [-0.15, -0.1) is 0 Å². The van der Waals surface area contributed by atoms with Crippen molar-refractivity contribution in [3.63, 3.8) is 0 Å². The highest BCUT2D eigenvalue weighted by Crippen LogP contribution is 2.32. The SMILES string of the molecule is CC(C)CC(=O)C1CCC(CN2C(=O)CCC2=O)CC1. The molecule has 0 aromatic carbocycles. The first-order chi connectivity index (χ1) is 9.47. The average molecular weight is 279 g/mol. The summed E-state index contributed by atoms with van der Waals surface area (Å²) in [4.78, 5) is 36.7. The summed E-state index contributed by atoms with van der Waals surface area (Å²) in [5, 5.41) is 0. The van der Waals surface area contributed by atoms with Gasteiger partial charge in [-0.2, -0.15) is 0 Å². The van der Waals surface area contributed by atoms with E-state index in [1.807, 2.05) is 0 Å². The van der Waals surface area contributed by atoms with Crippen molar-refractivity contribution in [1.29, 1.82) is 0 Å². The summed E-state index contributed by atoms with van der Waals surface area (Å²) >= 11 is 0. The van der Waals surface area contributed by atoms with Gasteiger partial charge in [0, 0.05) is 31.7 Å². The van der Waals surface area contributed by atoms with E-state index in [2.05, 4.69) is 13.8 Å². The zero-order valence-electron chi connectivity index (χ0n) is 12.6. The molecule has 0 unspecified atom stereocenters. The number of Topliss-reactive ketones (excluding diaryl/α,β-unsaturated/α-hetero) is 1. The van der Waals surface area contributed by atoms with Crippen molar-refractivity contribution in [3.8, 4) is 0 Å². The zero-order valence-corrected chi connectivity index (χ0v) is 12.6. The molecule has 0 bridgehead atoms. The number of carbonyl (C=O) groups excluding carboxylic acids is 3. The summed E-state index contributed by atoms with van der Waals surface area (Å²) in [6, 6.07) is 0. The number of carbonyl (C=O) groups is 3. The molecule has 0 aromatic heterocycles. The van der Waals surface area contributed by atoms with Crippen LogP contribution in [-0.4, -0.2) is 29.0 Å². The predicted octanol–water partition coefficient (Wildman–Crippen LogP) is 2.56. The van der Waals surface area contributed by atoms with Crippen LogP contribution in [0.25, 0.3) is 0 Å². The maximum absolute atomic E-state index is 12.0. The van der Waals surface area contributed by atoms with E-state index in [0.717, 1.165) is 25.7 Å². The summed E-state index contributed by atoms with van der Waals surface area (Å²) < 4.78 is 0. The third-order valence-electron chi connectivity index (χ3n) is 4.51. The van der Waals surface area contributed by atoms with Crippen molar-refractivity contribution < 1.29 is 14.4 Å². The van der Waals surface area contributed by atoms with E-state index in [-0.39, 0.29) is 17.7 Å². The zero-order chi connectivity index (χ0) is 14.7. The fraction of sp³-hybridized carbons (Fsp3) is 0.812. The molecular weight excluding hydrogens is 254 g/mol. The fourth-order valence-corrected chi connectivity index (χ4v) is 3.32. The molecule has 2 fully saturated rings. The van der Waals surface area contributed by atoms with E-state index in [4.69, 9.17) is 0 Å². The van der Waals surface area contributed by atoms with Gasteiger partial charge in [0.15, 0.2) is 0 Å². The Morgan fingerprint density at radius 1 is 1.10 bits per heavy atom. The molecule has 0 aromatic rings. The first-order valence-corrected chi connectivity index (χ1v) is 7.83. The number of likely N-dealkylation sites (tertiary alicyclic amines) is 1. The van der Waals surface area contributed by atoms with Crippen LogP contribution in [-0.2, 0) is 14.4 Å². The third kappa shape index (κ3) is 3.68. The Bertz CT molecular complexity index is 379. The van der Waals surface area contributed by atoms with Gasteiger partial charge in [0.2, 0.25) is 11.8 Å². The monoisotopic (exact) mass is 279 g/mol. The minimum atomic E-state index is -0.0204. The van der Waals surface area contributed by atoms with Crippen molar-refractivity contribution in [2.24, 2.45) is 17.8 Å². The lowest BCUT2D eigenvalue weighted by Crippen LogP contribution is -2.36. The van der Waals surface area contributed by atoms with Crippen LogP contribution in [0.2, 0.25) is 0 Å². The van der Waals surface area contributed by atoms with Crippen molar-refractivity contribution in [3.05, 3.63) is 0 Å². The Kier molecular flexibility index (Phi) is 4.95. The van der Waals surface area contributed by atoms with Crippen LogP contribution in [0.15, 0.2) is 0 Å². The Balaban J connectivity index is 1.78. The minimum absolute atomic E-state index is 0.0204. The van der Waals surface area contributed by atoms with Gasteiger partial charge in [0.05, 0.1) is 0 Å². The Hall–Kier alpha value is -1.19. The van der Waals surface area contributed by atoms with Crippen LogP contribution in [0, 0.1) is 17.8 Å². The maximum atomic E-state index is 12.0. The van der Waals surface area contributed by atoms with E-state index in [1.165, 1.54) is 4.90 Å². The van der Waals surface area contributed by atoms with Gasteiger partial charge >= 0.3 is 0 Å². The van der Waals surface area contributed by atoms with Crippen LogP contribution < -0.4 is 0 Å². The number of nitrogens with zero attached hydrogens (tertiary/aromatic N) is 1. The normalized spacial score (nSPS) is 27.4. The van der Waals surface area contributed by atoms with Gasteiger partial charge in [-0.05, 0) is 37.5 Å². The summed E-state index contributed by atoms with van der Waals surface area (Å²) in [5.74, 6) is 1.38. The third-order valence-corrected chi connectivity index (χ3v) is 4.51. The van der Waals surface area contributed by atoms with Crippen molar-refractivity contribution >= 4 is 17.6 Å². The molecule has 1 heterocycles. The number of hydrogen-bond donors (Lipinski definition) is 0. The highest BCUT2D eigenvalue weighted by molar-refractivity contribution is 6.01. The van der Waals surface area contributed by atoms with Crippen molar-refractivity contribution in [2.45, 2.75) is 58.8 Å². The molecule has 1 saturated carbocycles. The van der Waals surface area contributed by atoms with E-state index in [1.54, 1.807) is 0 Å². The molecule has 0 spiro atoms. The Morgan fingerprint density at radius 3 is 2.15 bits per heavy atom. The number of imide groups is 1. The molecule has 2 amide bonds. The van der Waals surface area contributed by atoms with Crippen molar-refractivity contribution in [1.82, 2.24) is 4.90 Å². The second-order valence-corrected chi connectivity index (χ2v) is 6.68. The number of rotatable bonds is 5. The second kappa shape index (κ2) is 6.51. The largest absolute Gasteiger partial charge is 0.299 e. The smallest absolute Gasteiger partial charge is 0.229 e. The van der Waals surface area contributed by atoms with E-state index in [9.17, 15) is 14.4 Å². The van der Waals surface area contributed by atoms with Gasteiger partial charge in [0.1, 0.15) is 5.78 Å². The topological polar surface area (TPSA) is 54.5 Å². The first-order valence-electron chi connectivity index (χ1n) is 7.83. The predicted molar refractivity (Wildman–Crippen MR) is 75.9 cm³/mol. The molecule has 0 radical (unpaired) electrons. The number of amides is 2. The Labute approximate surface area is 120 Å². The standard InChI is InChI=1S/C16H25NO3/c1-11(2)9-14(18)13-5-3-12(4-6-13)10-17-15(19)7-8-16(17)20/h11-13H,3-10H2,1-2H3. The van der Waals surface area contributed by atoms with Crippen molar-refractivity contribution in [2.75, 3.05) is 6.54 Å². The molecular formula is C16H25NO3. The lowest BCUT2D eigenvalue weighted by molar-refractivity contribution is -0.139. The Morgan fingerprint density at radius 2 is 1.65 bits per heavy atom. The minimum Gasteiger partial charge on any atom is -0.299 e.